The van der Waals surface area contributed by atoms with E-state index in [0.29, 0.717) is 0 Å². The summed E-state index contributed by atoms with van der Waals surface area (Å²) < 4.78 is 0. The Labute approximate surface area is 154 Å². The number of fused-ring (bicyclic) bond motifs is 6. The summed E-state index contributed by atoms with van der Waals surface area (Å²) in [5.41, 5.74) is 6.55. The third-order valence-corrected chi connectivity index (χ3v) is 3.96. The second kappa shape index (κ2) is 8.38. The number of aromatic nitrogens is 3. The van der Waals surface area contributed by atoms with Crippen LogP contribution in [0.5, 0.6) is 0 Å². The second-order valence-electron chi connectivity index (χ2n) is 5.71. The average molecular weight is 386 g/mol. The van der Waals surface area contributed by atoms with Gasteiger partial charge in [-0.25, -0.2) is 0 Å². The van der Waals surface area contributed by atoms with E-state index in [1.807, 2.05) is 0 Å². The Morgan fingerprint density at radius 3 is 1.21 bits per heavy atom. The van der Waals surface area contributed by atoms with Crippen molar-refractivity contribution in [3.05, 3.63) is 88.8 Å². The molecule has 4 heterocycles. The summed E-state index contributed by atoms with van der Waals surface area (Å²) in [4.78, 5) is 14.3. The molecule has 0 spiro atoms. The Bertz CT molecular complexity index is 758. The molecule has 0 saturated heterocycles. The zero-order valence-electron chi connectivity index (χ0n) is 13.0. The van der Waals surface area contributed by atoms with Crippen LogP contribution in [0.3, 0.4) is 0 Å². The van der Waals surface area contributed by atoms with Crippen LogP contribution in [0.1, 0.15) is 34.2 Å². The van der Waals surface area contributed by atoms with Crippen LogP contribution in [0.4, 0.5) is 0 Å². The van der Waals surface area contributed by atoms with E-state index in [0.717, 1.165) is 59.8 Å². The summed E-state index contributed by atoms with van der Waals surface area (Å²) in [7, 11) is 4.20. The zero-order chi connectivity index (χ0) is 16.8. The van der Waals surface area contributed by atoms with Crippen molar-refractivity contribution in [1.29, 1.82) is 0 Å². The van der Waals surface area contributed by atoms with Crippen molar-refractivity contribution in [3.8, 4) is 0 Å². The van der Waals surface area contributed by atoms with E-state index in [1.165, 1.54) is 0 Å². The van der Waals surface area contributed by atoms with Gasteiger partial charge in [0.05, 0.1) is 0 Å². The number of nitrogens with zero attached hydrogens (tertiary/aromatic N) is 3. The maximum Gasteiger partial charge on any atom is 0.0466 e. The first-order valence-electron chi connectivity index (χ1n) is 7.81. The molecule has 0 N–H and O–H groups in total. The Balaban J connectivity index is 0.000000815. The van der Waals surface area contributed by atoms with Gasteiger partial charge in [-0.15, -0.1) is 0 Å². The summed E-state index contributed by atoms with van der Waals surface area (Å²) >= 11 is 3.66. The van der Waals surface area contributed by atoms with Crippen LogP contribution >= 0.6 is 10.1 Å². The second-order valence-corrected chi connectivity index (χ2v) is 5.71. The van der Waals surface area contributed by atoms with Crippen molar-refractivity contribution in [1.82, 2.24) is 15.0 Å². The van der Waals surface area contributed by atoms with Gasteiger partial charge in [-0.3, -0.25) is 15.0 Å². The molecule has 3 aromatic rings. The van der Waals surface area contributed by atoms with Crippen LogP contribution in [0.15, 0.2) is 54.6 Å². The number of aryl methyl sites for hydroxylation is 2. The summed E-state index contributed by atoms with van der Waals surface area (Å²) in [6.07, 6.45) is 3.42. The van der Waals surface area contributed by atoms with Crippen molar-refractivity contribution < 1.29 is 15.1 Å². The van der Waals surface area contributed by atoms with Gasteiger partial charge >= 0.3 is 25.2 Å². The summed E-state index contributed by atoms with van der Waals surface area (Å²) in [5, 5.41) is 0. The Hall–Kier alpha value is -1.74. The number of halogens is 1. The van der Waals surface area contributed by atoms with Gasteiger partial charge in [-0.05, 0) is 49.2 Å². The molecule has 0 atom stereocenters. The fourth-order valence-corrected chi connectivity index (χ4v) is 2.89. The molecule has 0 saturated carbocycles. The van der Waals surface area contributed by atoms with E-state index in [1.54, 1.807) is 0 Å². The van der Waals surface area contributed by atoms with Crippen LogP contribution in [-0.2, 0) is 40.8 Å². The molecule has 0 aliphatic carbocycles. The normalized spacial score (nSPS) is 12.8. The maximum atomic E-state index is 4.76. The van der Waals surface area contributed by atoms with E-state index < -0.39 is 0 Å². The van der Waals surface area contributed by atoms with Gasteiger partial charge in [0.25, 0.3) is 0 Å². The third-order valence-electron chi connectivity index (χ3n) is 3.96. The molecule has 5 heteroatoms. The van der Waals surface area contributed by atoms with Crippen molar-refractivity contribution in [2.45, 2.75) is 25.7 Å². The predicted molar refractivity (Wildman–Crippen MR) is 91.6 cm³/mol. The Morgan fingerprint density at radius 2 is 0.833 bits per heavy atom. The molecule has 126 valence electrons. The van der Waals surface area contributed by atoms with Gasteiger partial charge in [-0.2, -0.15) is 0 Å². The van der Waals surface area contributed by atoms with E-state index >= 15 is 0 Å². The molecule has 1 aliphatic rings. The molecular formula is C19H17ClCuN3. The van der Waals surface area contributed by atoms with Gasteiger partial charge in [0.1, 0.15) is 0 Å². The van der Waals surface area contributed by atoms with Crippen LogP contribution in [0, 0.1) is 0 Å². The molecule has 0 unspecified atom stereocenters. The summed E-state index contributed by atoms with van der Waals surface area (Å²) in [5.74, 6) is 0. The third kappa shape index (κ3) is 4.41. The molecule has 0 aromatic carbocycles. The fraction of sp³-hybridized carbons (Fsp3) is 0.211. The molecule has 6 bridgehead atoms. The topological polar surface area (TPSA) is 38.7 Å². The van der Waals surface area contributed by atoms with Crippen LogP contribution in [-0.4, -0.2) is 15.0 Å². The first-order chi connectivity index (χ1) is 11.8. The maximum absolute atomic E-state index is 4.76. The van der Waals surface area contributed by atoms with Crippen LogP contribution in [0.25, 0.3) is 0 Å². The molecular weight excluding hydrogens is 369 g/mol. The summed E-state index contributed by atoms with van der Waals surface area (Å²) in [6, 6.07) is 18.7. The molecule has 1 aliphatic heterocycles. The van der Waals surface area contributed by atoms with Gasteiger partial charge in [0.2, 0.25) is 0 Å². The van der Waals surface area contributed by atoms with Gasteiger partial charge in [-0.1, -0.05) is 18.2 Å². The molecule has 3 aromatic heterocycles. The van der Waals surface area contributed by atoms with Crippen molar-refractivity contribution >= 4 is 10.1 Å². The van der Waals surface area contributed by atoms with Gasteiger partial charge in [0.15, 0.2) is 0 Å². The van der Waals surface area contributed by atoms with E-state index in [2.05, 4.69) is 79.8 Å². The molecule has 24 heavy (non-hydrogen) atoms. The van der Waals surface area contributed by atoms with Crippen molar-refractivity contribution in [2.24, 2.45) is 0 Å². The van der Waals surface area contributed by atoms with E-state index in [-0.39, 0.29) is 0 Å². The van der Waals surface area contributed by atoms with Crippen molar-refractivity contribution in [2.75, 3.05) is 0 Å². The molecule has 0 radical (unpaired) electrons. The molecule has 4 rings (SSSR count). The minimum absolute atomic E-state index is 0.784. The SMILES string of the molecule is [Cl][Cu].c1cc2nc(c1)Cc1cccc(n1)Cc1cccc(n1)CC2. The van der Waals surface area contributed by atoms with Crippen LogP contribution < -0.4 is 0 Å². The number of rotatable bonds is 0. The zero-order valence-corrected chi connectivity index (χ0v) is 14.7. The fourth-order valence-electron chi connectivity index (χ4n) is 2.89. The van der Waals surface area contributed by atoms with Gasteiger partial charge < -0.3 is 0 Å². The number of pyridine rings is 3. The number of hydrogen-bond acceptors (Lipinski definition) is 3. The first-order valence-corrected chi connectivity index (χ1v) is 9.10. The number of hydrogen-bond donors (Lipinski definition) is 0. The molecule has 0 amide bonds. The monoisotopic (exact) mass is 385 g/mol. The standard InChI is InChI=1S/C19H17N3.ClH.Cu/c1-4-14-10-11-15-5-2-7-17(21-15)13-19-9-3-8-18(22-19)12-16(6-1)20-14;;/h1-9H,10-13H2;1H;/q;;+1/p-1. The quantitative estimate of drug-likeness (QED) is 0.551. The van der Waals surface area contributed by atoms with E-state index in [4.69, 9.17) is 15.0 Å². The largest absolute Gasteiger partial charge is 0.257 e. The summed E-state index contributed by atoms with van der Waals surface area (Å²) in [6.45, 7) is 0. The Kier molecular flexibility index (Phi) is 5.97. The molecule has 3 nitrogen and oxygen atoms in total. The van der Waals surface area contributed by atoms with E-state index in [9.17, 15) is 0 Å². The van der Waals surface area contributed by atoms with Gasteiger partial charge in [0, 0.05) is 47.0 Å². The minimum Gasteiger partial charge on any atom is -0.257 e. The Morgan fingerprint density at radius 1 is 0.542 bits per heavy atom. The smallest absolute Gasteiger partial charge is 0.0466 e. The predicted octanol–water partition coefficient (Wildman–Crippen LogP) is 3.84. The van der Waals surface area contributed by atoms with Crippen molar-refractivity contribution in [3.63, 3.8) is 0 Å². The molecule has 0 fully saturated rings. The minimum atomic E-state index is 0.784. The first kappa shape index (κ1) is 17.1. The average Bonchev–Trinajstić information content (AvgIpc) is 2.62. The van der Waals surface area contributed by atoms with Crippen LogP contribution in [0.2, 0.25) is 0 Å².